The summed E-state index contributed by atoms with van der Waals surface area (Å²) in [6, 6.07) is 14.4. The summed E-state index contributed by atoms with van der Waals surface area (Å²) in [6.45, 7) is 8.81. The van der Waals surface area contributed by atoms with Crippen LogP contribution in [0, 0.1) is 5.92 Å². The Morgan fingerprint density at radius 3 is 2.16 bits per heavy atom. The molecule has 0 aromatic heterocycles. The van der Waals surface area contributed by atoms with Gasteiger partial charge in [-0.3, -0.25) is 9.59 Å². The summed E-state index contributed by atoms with van der Waals surface area (Å²) >= 11 is 6.00. The fourth-order valence-electron chi connectivity index (χ4n) is 3.18. The molecule has 1 atom stereocenters. The molecule has 2 amide bonds. The molecule has 0 radical (unpaired) electrons. The van der Waals surface area contributed by atoms with Gasteiger partial charge in [-0.1, -0.05) is 63.6 Å². The Balaban J connectivity index is 2.16. The molecule has 2 aromatic rings. The van der Waals surface area contributed by atoms with Crippen molar-refractivity contribution in [1.29, 1.82) is 0 Å². The molecule has 0 aliphatic rings. The van der Waals surface area contributed by atoms with Crippen LogP contribution in [0.15, 0.2) is 48.5 Å². The highest BCUT2D eigenvalue weighted by atomic mass is 35.5. The summed E-state index contributed by atoms with van der Waals surface area (Å²) < 4.78 is 5.73. The number of ether oxygens (including phenoxy) is 1. The molecule has 1 unspecified atom stereocenters. The molecule has 168 valence electrons. The molecule has 0 bridgehead atoms. The molecule has 0 spiro atoms. The lowest BCUT2D eigenvalue weighted by Gasteiger charge is -2.30. The maximum atomic E-state index is 13.1. The second-order valence-electron chi connectivity index (χ2n) is 8.00. The van der Waals surface area contributed by atoms with Crippen molar-refractivity contribution >= 4 is 23.4 Å². The molecule has 2 aromatic carbocycles. The number of aryl methyl sites for hydroxylation is 1. The number of hydrogen-bond donors (Lipinski definition) is 1. The first-order valence-corrected chi connectivity index (χ1v) is 11.2. The van der Waals surface area contributed by atoms with Gasteiger partial charge in [0.05, 0.1) is 0 Å². The lowest BCUT2D eigenvalue weighted by molar-refractivity contribution is -0.143. The predicted molar refractivity (Wildman–Crippen MR) is 125 cm³/mol. The van der Waals surface area contributed by atoms with E-state index in [2.05, 4.69) is 12.2 Å². The Labute approximate surface area is 190 Å². The van der Waals surface area contributed by atoms with Crippen LogP contribution in [0.4, 0.5) is 0 Å². The first-order chi connectivity index (χ1) is 14.8. The topological polar surface area (TPSA) is 58.6 Å². The second-order valence-corrected chi connectivity index (χ2v) is 8.43. The maximum Gasteiger partial charge on any atom is 0.261 e. The van der Waals surface area contributed by atoms with Crippen molar-refractivity contribution in [3.05, 3.63) is 64.7 Å². The smallest absolute Gasteiger partial charge is 0.261 e. The van der Waals surface area contributed by atoms with Gasteiger partial charge in [0.25, 0.3) is 5.91 Å². The van der Waals surface area contributed by atoms with Crippen LogP contribution in [0.5, 0.6) is 5.75 Å². The summed E-state index contributed by atoms with van der Waals surface area (Å²) in [5.74, 6) is 0.581. The van der Waals surface area contributed by atoms with Crippen LogP contribution in [0.3, 0.4) is 0 Å². The van der Waals surface area contributed by atoms with E-state index in [9.17, 15) is 9.59 Å². The van der Waals surface area contributed by atoms with E-state index in [1.165, 1.54) is 5.56 Å². The lowest BCUT2D eigenvalue weighted by atomic mass is 10.1. The fraction of sp³-hybridized carbons (Fsp3) is 0.440. The molecule has 0 aliphatic carbocycles. The van der Waals surface area contributed by atoms with E-state index < -0.39 is 6.04 Å². The molecule has 0 heterocycles. The number of nitrogens with zero attached hydrogens (tertiary/aromatic N) is 1. The molecular formula is C25H33ClN2O3. The summed E-state index contributed by atoms with van der Waals surface area (Å²) in [5, 5.41) is 3.58. The molecule has 0 saturated carbocycles. The average molecular weight is 445 g/mol. The third-order valence-electron chi connectivity index (χ3n) is 5.03. The van der Waals surface area contributed by atoms with Gasteiger partial charge in [0.1, 0.15) is 11.8 Å². The van der Waals surface area contributed by atoms with Gasteiger partial charge in [-0.05, 0) is 54.2 Å². The normalized spacial score (nSPS) is 11.8. The molecule has 0 aliphatic heterocycles. The average Bonchev–Trinajstić information content (AvgIpc) is 2.77. The van der Waals surface area contributed by atoms with Crippen LogP contribution in [0.2, 0.25) is 5.02 Å². The molecule has 2 rings (SSSR count). The number of nitrogens with one attached hydrogen (secondary N) is 1. The summed E-state index contributed by atoms with van der Waals surface area (Å²) in [7, 11) is 0. The van der Waals surface area contributed by atoms with Gasteiger partial charge >= 0.3 is 0 Å². The fourth-order valence-corrected chi connectivity index (χ4v) is 3.30. The number of carbonyl (C=O) groups excluding carboxylic acids is 2. The van der Waals surface area contributed by atoms with Crippen molar-refractivity contribution in [2.75, 3.05) is 13.2 Å². The van der Waals surface area contributed by atoms with Crippen molar-refractivity contribution in [2.24, 2.45) is 5.92 Å². The second kappa shape index (κ2) is 12.4. The highest BCUT2D eigenvalue weighted by Gasteiger charge is 2.29. The third kappa shape index (κ3) is 7.91. The Morgan fingerprint density at radius 1 is 1.00 bits per heavy atom. The number of rotatable bonds is 11. The van der Waals surface area contributed by atoms with Crippen LogP contribution >= 0.6 is 11.6 Å². The number of benzene rings is 2. The third-order valence-corrected chi connectivity index (χ3v) is 5.28. The number of hydrogen-bond acceptors (Lipinski definition) is 3. The maximum absolute atomic E-state index is 13.1. The zero-order valence-corrected chi connectivity index (χ0v) is 19.6. The quantitative estimate of drug-likeness (QED) is 0.538. The Bertz CT molecular complexity index is 835. The van der Waals surface area contributed by atoms with Gasteiger partial charge in [-0.2, -0.15) is 0 Å². The van der Waals surface area contributed by atoms with E-state index in [1.807, 2.05) is 57.2 Å². The van der Waals surface area contributed by atoms with Gasteiger partial charge in [-0.25, -0.2) is 0 Å². The van der Waals surface area contributed by atoms with E-state index in [4.69, 9.17) is 16.3 Å². The SMILES string of the molecule is CCc1ccc(OCC(=O)N(Cc2ccc(Cl)cc2)C(CC)C(=O)NCC(C)C)cc1. The lowest BCUT2D eigenvalue weighted by Crippen LogP contribution is -2.50. The van der Waals surface area contributed by atoms with Crippen molar-refractivity contribution in [3.63, 3.8) is 0 Å². The van der Waals surface area contributed by atoms with Crippen LogP contribution in [0.1, 0.15) is 45.2 Å². The highest BCUT2D eigenvalue weighted by Crippen LogP contribution is 2.17. The van der Waals surface area contributed by atoms with E-state index in [0.717, 1.165) is 12.0 Å². The Hall–Kier alpha value is -2.53. The minimum Gasteiger partial charge on any atom is -0.484 e. The number of halogens is 1. The summed E-state index contributed by atoms with van der Waals surface area (Å²) in [6.07, 6.45) is 1.45. The van der Waals surface area contributed by atoms with Gasteiger partial charge in [0.15, 0.2) is 6.61 Å². The first-order valence-electron chi connectivity index (χ1n) is 10.9. The van der Waals surface area contributed by atoms with E-state index >= 15 is 0 Å². The van der Waals surface area contributed by atoms with Crippen molar-refractivity contribution in [3.8, 4) is 5.75 Å². The Morgan fingerprint density at radius 2 is 1.61 bits per heavy atom. The van der Waals surface area contributed by atoms with Crippen molar-refractivity contribution in [1.82, 2.24) is 10.2 Å². The molecule has 6 heteroatoms. The number of amides is 2. The largest absolute Gasteiger partial charge is 0.484 e. The van der Waals surface area contributed by atoms with Crippen LogP contribution in [-0.4, -0.2) is 35.9 Å². The minimum atomic E-state index is -0.576. The minimum absolute atomic E-state index is 0.132. The van der Waals surface area contributed by atoms with Gasteiger partial charge in [0.2, 0.25) is 5.91 Å². The zero-order chi connectivity index (χ0) is 22.8. The summed E-state index contributed by atoms with van der Waals surface area (Å²) in [4.78, 5) is 27.6. The van der Waals surface area contributed by atoms with Gasteiger partial charge in [0, 0.05) is 18.1 Å². The molecular weight excluding hydrogens is 412 g/mol. The van der Waals surface area contributed by atoms with Crippen LogP contribution in [0.25, 0.3) is 0 Å². The van der Waals surface area contributed by atoms with E-state index in [-0.39, 0.29) is 18.4 Å². The first kappa shape index (κ1) is 24.7. The Kier molecular flexibility index (Phi) is 9.86. The van der Waals surface area contributed by atoms with Crippen molar-refractivity contribution < 1.29 is 14.3 Å². The van der Waals surface area contributed by atoms with Gasteiger partial charge in [-0.15, -0.1) is 0 Å². The predicted octanol–water partition coefficient (Wildman–Crippen LogP) is 4.86. The van der Waals surface area contributed by atoms with E-state index in [0.29, 0.717) is 36.2 Å². The molecule has 1 N–H and O–H groups in total. The zero-order valence-electron chi connectivity index (χ0n) is 18.9. The van der Waals surface area contributed by atoms with Crippen LogP contribution < -0.4 is 10.1 Å². The molecule has 5 nitrogen and oxygen atoms in total. The molecule has 0 saturated heterocycles. The standard InChI is InChI=1S/C25H33ClN2O3/c1-5-19-9-13-22(14-10-19)31-17-24(29)28(16-20-7-11-21(26)12-8-20)23(6-2)25(30)27-15-18(3)4/h7-14,18,23H,5-6,15-17H2,1-4H3,(H,27,30). The monoisotopic (exact) mass is 444 g/mol. The van der Waals surface area contributed by atoms with Gasteiger partial charge < -0.3 is 15.0 Å². The molecule has 31 heavy (non-hydrogen) atoms. The number of carbonyl (C=O) groups is 2. The highest BCUT2D eigenvalue weighted by molar-refractivity contribution is 6.30. The van der Waals surface area contributed by atoms with Crippen LogP contribution in [-0.2, 0) is 22.6 Å². The van der Waals surface area contributed by atoms with Crippen molar-refractivity contribution in [2.45, 2.75) is 53.1 Å². The van der Waals surface area contributed by atoms with E-state index in [1.54, 1.807) is 17.0 Å². The molecule has 0 fully saturated rings. The summed E-state index contributed by atoms with van der Waals surface area (Å²) in [5.41, 5.74) is 2.11.